The molecular formula is C17H17N3O5S2. The number of benzene rings is 2. The van der Waals surface area contributed by atoms with Crippen molar-refractivity contribution >= 4 is 37.3 Å². The number of carbonyl (C=O) groups excluding carboxylic acids is 1. The number of nitrogens with zero attached hydrogens (tertiary/aromatic N) is 1. The van der Waals surface area contributed by atoms with Crippen molar-refractivity contribution in [3.05, 3.63) is 54.1 Å². The highest BCUT2D eigenvalue weighted by atomic mass is 32.2. The van der Waals surface area contributed by atoms with Gasteiger partial charge in [-0.2, -0.15) is 8.42 Å². The molecule has 27 heavy (non-hydrogen) atoms. The SMILES string of the molecule is CC1=NS(=O)(=O)c2cc(S(=O)(=O)CC(=O)NCc3ccccc3)ccc2N1. The summed E-state index contributed by atoms with van der Waals surface area (Å²) in [6, 6.07) is 12.7. The zero-order chi connectivity index (χ0) is 19.7. The van der Waals surface area contributed by atoms with Crippen LogP contribution in [0.5, 0.6) is 0 Å². The Balaban J connectivity index is 1.77. The van der Waals surface area contributed by atoms with Crippen molar-refractivity contribution in [2.24, 2.45) is 4.40 Å². The number of sulfonamides is 1. The summed E-state index contributed by atoms with van der Waals surface area (Å²) < 4.78 is 52.8. The van der Waals surface area contributed by atoms with E-state index in [9.17, 15) is 21.6 Å². The Morgan fingerprint density at radius 2 is 1.85 bits per heavy atom. The van der Waals surface area contributed by atoms with E-state index < -0.39 is 31.5 Å². The lowest BCUT2D eigenvalue weighted by Gasteiger charge is -2.16. The van der Waals surface area contributed by atoms with Crippen molar-refractivity contribution in [2.45, 2.75) is 23.3 Å². The molecular weight excluding hydrogens is 390 g/mol. The highest BCUT2D eigenvalue weighted by Gasteiger charge is 2.27. The van der Waals surface area contributed by atoms with E-state index in [-0.39, 0.29) is 27.9 Å². The van der Waals surface area contributed by atoms with Crippen LogP contribution < -0.4 is 10.6 Å². The maximum atomic E-state index is 12.5. The van der Waals surface area contributed by atoms with Gasteiger partial charge < -0.3 is 10.6 Å². The topological polar surface area (TPSA) is 122 Å². The lowest BCUT2D eigenvalue weighted by molar-refractivity contribution is -0.118. The van der Waals surface area contributed by atoms with Gasteiger partial charge in [0.1, 0.15) is 16.5 Å². The summed E-state index contributed by atoms with van der Waals surface area (Å²) in [7, 11) is -8.00. The summed E-state index contributed by atoms with van der Waals surface area (Å²) in [6.07, 6.45) is 0. The van der Waals surface area contributed by atoms with Crippen LogP contribution in [-0.2, 0) is 31.2 Å². The number of fused-ring (bicyclic) bond motifs is 1. The summed E-state index contributed by atoms with van der Waals surface area (Å²) in [5, 5.41) is 5.31. The molecule has 142 valence electrons. The molecule has 2 N–H and O–H groups in total. The van der Waals surface area contributed by atoms with Crippen LogP contribution in [0.15, 0.2) is 62.7 Å². The third kappa shape index (κ3) is 4.34. The van der Waals surface area contributed by atoms with E-state index in [4.69, 9.17) is 0 Å². The number of anilines is 1. The molecule has 1 amide bonds. The average Bonchev–Trinajstić information content (AvgIpc) is 2.59. The van der Waals surface area contributed by atoms with Gasteiger partial charge in [-0.3, -0.25) is 4.79 Å². The molecule has 2 aromatic carbocycles. The molecule has 1 heterocycles. The molecule has 3 rings (SSSR count). The van der Waals surface area contributed by atoms with Gasteiger partial charge in [-0.15, -0.1) is 4.40 Å². The summed E-state index contributed by atoms with van der Waals surface area (Å²) in [5.74, 6) is -1.26. The van der Waals surface area contributed by atoms with E-state index >= 15 is 0 Å². The van der Waals surface area contributed by atoms with Crippen molar-refractivity contribution in [3.63, 3.8) is 0 Å². The second-order valence-corrected chi connectivity index (χ2v) is 9.52. The molecule has 8 nitrogen and oxygen atoms in total. The van der Waals surface area contributed by atoms with Gasteiger partial charge in [0.2, 0.25) is 5.91 Å². The van der Waals surface area contributed by atoms with E-state index in [0.29, 0.717) is 0 Å². The normalized spacial score (nSPS) is 15.2. The largest absolute Gasteiger partial charge is 0.351 e. The van der Waals surface area contributed by atoms with Gasteiger partial charge in [-0.05, 0) is 30.7 Å². The van der Waals surface area contributed by atoms with Crippen molar-refractivity contribution in [3.8, 4) is 0 Å². The third-order valence-electron chi connectivity index (χ3n) is 3.82. The van der Waals surface area contributed by atoms with Gasteiger partial charge in [0.15, 0.2) is 9.84 Å². The van der Waals surface area contributed by atoms with E-state index in [0.717, 1.165) is 11.6 Å². The Kier molecular flexibility index (Phi) is 5.03. The minimum absolute atomic E-state index is 0.193. The molecule has 10 heteroatoms. The molecule has 0 aromatic heterocycles. The monoisotopic (exact) mass is 407 g/mol. The molecule has 2 aromatic rings. The van der Waals surface area contributed by atoms with Gasteiger partial charge in [0.05, 0.1) is 10.6 Å². The number of hydrogen-bond acceptors (Lipinski definition) is 6. The van der Waals surface area contributed by atoms with Crippen LogP contribution in [0.1, 0.15) is 12.5 Å². The van der Waals surface area contributed by atoms with E-state index in [2.05, 4.69) is 15.0 Å². The van der Waals surface area contributed by atoms with Crippen molar-refractivity contribution in [2.75, 3.05) is 11.1 Å². The van der Waals surface area contributed by atoms with Crippen molar-refractivity contribution in [1.82, 2.24) is 5.32 Å². The Morgan fingerprint density at radius 3 is 2.56 bits per heavy atom. The maximum absolute atomic E-state index is 12.5. The molecule has 0 saturated carbocycles. The number of rotatable bonds is 5. The number of amides is 1. The lowest BCUT2D eigenvalue weighted by Crippen LogP contribution is -2.30. The van der Waals surface area contributed by atoms with Gasteiger partial charge >= 0.3 is 0 Å². The lowest BCUT2D eigenvalue weighted by atomic mass is 10.2. The van der Waals surface area contributed by atoms with Gasteiger partial charge in [-0.1, -0.05) is 30.3 Å². The first-order valence-electron chi connectivity index (χ1n) is 7.93. The van der Waals surface area contributed by atoms with Crippen LogP contribution in [0.2, 0.25) is 0 Å². The first-order valence-corrected chi connectivity index (χ1v) is 11.0. The van der Waals surface area contributed by atoms with Gasteiger partial charge in [0.25, 0.3) is 10.0 Å². The number of nitrogens with one attached hydrogen (secondary N) is 2. The number of hydrogen-bond donors (Lipinski definition) is 2. The van der Waals surface area contributed by atoms with Crippen molar-refractivity contribution in [1.29, 1.82) is 0 Å². The number of carbonyl (C=O) groups is 1. The second-order valence-electron chi connectivity index (χ2n) is 5.96. The molecule has 0 saturated heterocycles. The zero-order valence-corrected chi connectivity index (χ0v) is 16.0. The minimum atomic E-state index is -4.01. The quantitative estimate of drug-likeness (QED) is 0.771. The van der Waals surface area contributed by atoms with Crippen molar-refractivity contribution < 1.29 is 21.6 Å². The zero-order valence-electron chi connectivity index (χ0n) is 14.3. The van der Waals surface area contributed by atoms with Crippen LogP contribution in [0, 0.1) is 0 Å². The molecule has 1 aliphatic heterocycles. The van der Waals surface area contributed by atoms with Crippen LogP contribution in [0.4, 0.5) is 5.69 Å². The fourth-order valence-electron chi connectivity index (χ4n) is 2.56. The summed E-state index contributed by atoms with van der Waals surface area (Å²) in [5.41, 5.74) is 1.08. The highest BCUT2D eigenvalue weighted by molar-refractivity contribution is 7.92. The second kappa shape index (κ2) is 7.12. The predicted molar refractivity (Wildman–Crippen MR) is 101 cm³/mol. The fourth-order valence-corrected chi connectivity index (χ4v) is 5.00. The molecule has 0 unspecified atom stereocenters. The average molecular weight is 407 g/mol. The number of amidine groups is 1. The van der Waals surface area contributed by atoms with E-state index in [1.165, 1.54) is 19.1 Å². The standard InChI is InChI=1S/C17H17N3O5S2/c1-12-19-15-8-7-14(9-16(15)27(24,25)20-12)26(22,23)11-17(21)18-10-13-5-3-2-4-6-13/h2-9H,10-11H2,1H3,(H,18,21)(H,19,20). The first kappa shape index (κ1) is 19.1. The molecule has 0 bridgehead atoms. The van der Waals surface area contributed by atoms with Gasteiger partial charge in [0, 0.05) is 6.54 Å². The summed E-state index contributed by atoms with van der Waals surface area (Å²) in [6.45, 7) is 1.69. The van der Waals surface area contributed by atoms with Gasteiger partial charge in [-0.25, -0.2) is 8.42 Å². The van der Waals surface area contributed by atoms with Crippen LogP contribution in [0.3, 0.4) is 0 Å². The first-order chi connectivity index (χ1) is 12.7. The Bertz CT molecular complexity index is 1120. The molecule has 1 aliphatic rings. The number of sulfone groups is 1. The van der Waals surface area contributed by atoms with E-state index in [1.807, 2.05) is 18.2 Å². The fraction of sp³-hybridized carbons (Fsp3) is 0.176. The maximum Gasteiger partial charge on any atom is 0.286 e. The Hall–Kier alpha value is -2.72. The Morgan fingerprint density at radius 1 is 1.15 bits per heavy atom. The molecule has 0 spiro atoms. The smallest absolute Gasteiger partial charge is 0.286 e. The highest BCUT2D eigenvalue weighted by Crippen LogP contribution is 2.29. The molecule has 0 atom stereocenters. The molecule has 0 aliphatic carbocycles. The summed E-state index contributed by atoms with van der Waals surface area (Å²) in [4.78, 5) is 11.5. The Labute approximate surface area is 157 Å². The van der Waals surface area contributed by atoms with Crippen LogP contribution in [0.25, 0.3) is 0 Å². The third-order valence-corrected chi connectivity index (χ3v) is 6.84. The van der Waals surface area contributed by atoms with Crippen LogP contribution >= 0.6 is 0 Å². The molecule has 0 radical (unpaired) electrons. The predicted octanol–water partition coefficient (Wildman–Crippen LogP) is 1.31. The minimum Gasteiger partial charge on any atom is -0.351 e. The summed E-state index contributed by atoms with van der Waals surface area (Å²) >= 11 is 0. The molecule has 0 fully saturated rings. The van der Waals surface area contributed by atoms with Crippen LogP contribution in [-0.4, -0.2) is 34.3 Å². The van der Waals surface area contributed by atoms with E-state index in [1.54, 1.807) is 12.1 Å².